The summed E-state index contributed by atoms with van der Waals surface area (Å²) in [5.74, 6) is -0.786. The zero-order valence-electron chi connectivity index (χ0n) is 20.3. The van der Waals surface area contributed by atoms with Crippen LogP contribution in [-0.2, 0) is 19.3 Å². The molecule has 1 heterocycles. The van der Waals surface area contributed by atoms with Gasteiger partial charge in [0.05, 0.1) is 11.4 Å². The molecule has 0 bridgehead atoms. The van der Waals surface area contributed by atoms with Crippen LogP contribution in [-0.4, -0.2) is 36.5 Å². The number of anilines is 2. The van der Waals surface area contributed by atoms with Gasteiger partial charge in [-0.2, -0.15) is 0 Å². The molecule has 1 aliphatic heterocycles. The van der Waals surface area contributed by atoms with Gasteiger partial charge in [-0.1, -0.05) is 107 Å². The molecule has 5 rings (SSSR count). The second-order valence-electron chi connectivity index (χ2n) is 8.35. The third-order valence-corrected chi connectivity index (χ3v) is 5.71. The molecule has 1 aliphatic rings. The summed E-state index contributed by atoms with van der Waals surface area (Å²) in [6.45, 7) is -0.652. The number of para-hydroxylation sites is 2. The van der Waals surface area contributed by atoms with E-state index in [2.05, 4.69) is 20.9 Å². The Morgan fingerprint density at radius 2 is 0.868 bits per heavy atom. The van der Waals surface area contributed by atoms with Crippen LogP contribution in [0.1, 0.15) is 22.3 Å². The minimum atomic E-state index is -0.393. The number of benzene rings is 4. The van der Waals surface area contributed by atoms with Crippen molar-refractivity contribution in [3.05, 3.63) is 131 Å². The van der Waals surface area contributed by atoms with Crippen LogP contribution in [0.4, 0.5) is 11.4 Å². The molecule has 2 N–H and O–H groups in total. The summed E-state index contributed by atoms with van der Waals surface area (Å²) >= 11 is 0. The molecule has 8 heteroatoms. The monoisotopic (exact) mass is 504 g/mol. The van der Waals surface area contributed by atoms with Gasteiger partial charge in [0.1, 0.15) is 11.4 Å². The molecule has 2 amide bonds. The van der Waals surface area contributed by atoms with Crippen LogP contribution in [0, 0.1) is 0 Å². The normalized spacial score (nSPS) is 17.1. The molecule has 0 fully saturated rings. The van der Waals surface area contributed by atoms with Crippen molar-refractivity contribution in [2.75, 3.05) is 23.8 Å². The van der Waals surface area contributed by atoms with E-state index in [4.69, 9.17) is 9.68 Å². The summed E-state index contributed by atoms with van der Waals surface area (Å²) < 4.78 is 0. The Kier molecular flexibility index (Phi) is 7.51. The summed E-state index contributed by atoms with van der Waals surface area (Å²) in [7, 11) is 0. The Bertz CT molecular complexity index is 1390. The van der Waals surface area contributed by atoms with Gasteiger partial charge in [0.2, 0.25) is 0 Å². The fourth-order valence-corrected chi connectivity index (χ4v) is 3.99. The molecule has 188 valence electrons. The zero-order chi connectivity index (χ0) is 26.2. The third-order valence-electron chi connectivity index (χ3n) is 5.71. The van der Waals surface area contributed by atoms with E-state index in [0.717, 1.165) is 11.1 Å². The van der Waals surface area contributed by atoms with E-state index in [-0.39, 0.29) is 13.2 Å². The van der Waals surface area contributed by atoms with Crippen LogP contribution in [0.15, 0.2) is 120 Å². The van der Waals surface area contributed by atoms with Crippen molar-refractivity contribution in [3.8, 4) is 0 Å². The molecule has 0 aliphatic carbocycles. The van der Waals surface area contributed by atoms with Crippen LogP contribution in [0.3, 0.4) is 0 Å². The number of nitrogens with zero attached hydrogens (tertiary/aromatic N) is 2. The van der Waals surface area contributed by atoms with Crippen LogP contribution in [0.25, 0.3) is 0 Å². The standard InChI is InChI=1S/C30H24N4O4/c35-27-19-37-33-29(21-11-3-1-4-12-21)23-15-7-9-17-25(23)31-28(36)20-38-34-30(22-13-5-2-6-14-22)24-16-8-10-18-26(24)32-27/h1-18H,19-20H2,(H,31,36)(H,32,35)/b33-29+,34-30+. The Morgan fingerprint density at radius 3 is 1.29 bits per heavy atom. The maximum Gasteiger partial charge on any atom is 0.265 e. The average Bonchev–Trinajstić information content (AvgIpc) is 2.95. The van der Waals surface area contributed by atoms with Gasteiger partial charge in [0, 0.05) is 22.3 Å². The Hall–Kier alpha value is -5.24. The largest absolute Gasteiger partial charge is 0.385 e. The van der Waals surface area contributed by atoms with Gasteiger partial charge in [-0.15, -0.1) is 0 Å². The Labute approximate surface area is 219 Å². The topological polar surface area (TPSA) is 101 Å². The zero-order valence-corrected chi connectivity index (χ0v) is 20.3. The number of oxime groups is 2. The number of amides is 2. The van der Waals surface area contributed by atoms with E-state index >= 15 is 0 Å². The van der Waals surface area contributed by atoms with Crippen LogP contribution >= 0.6 is 0 Å². The first-order chi connectivity index (χ1) is 18.7. The highest BCUT2D eigenvalue weighted by molar-refractivity contribution is 6.18. The van der Waals surface area contributed by atoms with Crippen molar-refractivity contribution in [1.29, 1.82) is 0 Å². The summed E-state index contributed by atoms with van der Waals surface area (Å²) in [5, 5.41) is 14.4. The first kappa shape index (κ1) is 24.5. The van der Waals surface area contributed by atoms with Gasteiger partial charge in [-0.3, -0.25) is 9.59 Å². The van der Waals surface area contributed by atoms with E-state index in [1.807, 2.05) is 84.9 Å². The highest BCUT2D eigenvalue weighted by Crippen LogP contribution is 2.23. The Balaban J connectivity index is 1.55. The number of hydrogen-bond acceptors (Lipinski definition) is 6. The molecule has 4 aromatic rings. The van der Waals surface area contributed by atoms with E-state index < -0.39 is 11.8 Å². The third kappa shape index (κ3) is 5.76. The maximum absolute atomic E-state index is 12.9. The number of nitrogens with one attached hydrogen (secondary N) is 2. The van der Waals surface area contributed by atoms with E-state index in [9.17, 15) is 9.59 Å². The lowest BCUT2D eigenvalue weighted by atomic mass is 10.0. The minimum Gasteiger partial charge on any atom is -0.385 e. The number of fused-ring (bicyclic) bond motifs is 2. The van der Waals surface area contributed by atoms with Gasteiger partial charge in [0.25, 0.3) is 11.8 Å². The van der Waals surface area contributed by atoms with Gasteiger partial charge in [0.15, 0.2) is 13.2 Å². The molecule has 0 unspecified atom stereocenters. The van der Waals surface area contributed by atoms with Crippen molar-refractivity contribution in [2.24, 2.45) is 10.3 Å². The molecule has 0 aromatic heterocycles. The highest BCUT2D eigenvalue weighted by atomic mass is 16.6. The lowest BCUT2D eigenvalue weighted by Gasteiger charge is -2.15. The van der Waals surface area contributed by atoms with Crippen LogP contribution in [0.5, 0.6) is 0 Å². The lowest BCUT2D eigenvalue weighted by molar-refractivity contribution is -0.121. The van der Waals surface area contributed by atoms with Gasteiger partial charge in [-0.05, 0) is 12.1 Å². The Morgan fingerprint density at radius 1 is 0.500 bits per heavy atom. The SMILES string of the molecule is O=C1CO/N=C(\c2ccccc2)c2ccccc2NC(=O)CO/N=C(\c2ccccc2)c2ccccc2N1. The number of rotatable bonds is 2. The van der Waals surface area contributed by atoms with Gasteiger partial charge in [-0.25, -0.2) is 0 Å². The van der Waals surface area contributed by atoms with Crippen molar-refractivity contribution >= 4 is 34.6 Å². The molecule has 0 atom stereocenters. The minimum absolute atomic E-state index is 0.326. The molecule has 38 heavy (non-hydrogen) atoms. The summed E-state index contributed by atoms with van der Waals surface area (Å²) in [6.07, 6.45) is 0. The van der Waals surface area contributed by atoms with E-state index in [1.54, 1.807) is 24.3 Å². The van der Waals surface area contributed by atoms with Crippen molar-refractivity contribution < 1.29 is 19.3 Å². The maximum atomic E-state index is 12.9. The van der Waals surface area contributed by atoms with Crippen LogP contribution < -0.4 is 10.6 Å². The first-order valence-electron chi connectivity index (χ1n) is 12.0. The fourth-order valence-electron chi connectivity index (χ4n) is 3.99. The number of hydrogen-bond donors (Lipinski definition) is 2. The second kappa shape index (κ2) is 11.7. The number of carbonyl (C=O) groups excluding carboxylic acids is 2. The molecular formula is C30H24N4O4. The lowest BCUT2D eigenvalue weighted by Crippen LogP contribution is -2.22. The molecule has 0 radical (unpaired) electrons. The average molecular weight is 505 g/mol. The predicted octanol–water partition coefficient (Wildman–Crippen LogP) is 4.82. The first-order valence-corrected chi connectivity index (χ1v) is 12.0. The van der Waals surface area contributed by atoms with E-state index in [0.29, 0.717) is 33.9 Å². The summed E-state index contributed by atoms with van der Waals surface area (Å²) in [4.78, 5) is 36.8. The molecule has 0 saturated carbocycles. The molecular weight excluding hydrogens is 480 g/mol. The molecule has 8 nitrogen and oxygen atoms in total. The molecule has 0 spiro atoms. The second-order valence-corrected chi connectivity index (χ2v) is 8.35. The van der Waals surface area contributed by atoms with Crippen molar-refractivity contribution in [1.82, 2.24) is 0 Å². The smallest absolute Gasteiger partial charge is 0.265 e. The predicted molar refractivity (Wildman–Crippen MR) is 146 cm³/mol. The highest BCUT2D eigenvalue weighted by Gasteiger charge is 2.18. The van der Waals surface area contributed by atoms with Gasteiger partial charge >= 0.3 is 0 Å². The summed E-state index contributed by atoms with van der Waals surface area (Å²) in [6, 6.07) is 33.2. The van der Waals surface area contributed by atoms with Gasteiger partial charge < -0.3 is 20.3 Å². The molecule has 0 saturated heterocycles. The summed E-state index contributed by atoms with van der Waals surface area (Å²) in [5.41, 5.74) is 4.72. The molecule has 4 aromatic carbocycles. The quantitative estimate of drug-likeness (QED) is 0.409. The van der Waals surface area contributed by atoms with Crippen molar-refractivity contribution in [2.45, 2.75) is 0 Å². The van der Waals surface area contributed by atoms with Crippen molar-refractivity contribution in [3.63, 3.8) is 0 Å². The van der Waals surface area contributed by atoms with E-state index in [1.165, 1.54) is 0 Å². The fraction of sp³-hybridized carbons (Fsp3) is 0.0667. The van der Waals surface area contributed by atoms with Crippen LogP contribution in [0.2, 0.25) is 0 Å². The number of carbonyl (C=O) groups is 2.